The van der Waals surface area contributed by atoms with Gasteiger partial charge in [-0.3, -0.25) is 10.1 Å². The van der Waals surface area contributed by atoms with E-state index >= 15 is 0 Å². The molecule has 0 amide bonds. The third-order valence-electron chi connectivity index (χ3n) is 2.41. The first-order valence-corrected chi connectivity index (χ1v) is 5.23. The molecule has 0 aliphatic rings. The molecule has 2 aromatic rings. The van der Waals surface area contributed by atoms with E-state index in [9.17, 15) is 10.1 Å². The first-order chi connectivity index (χ1) is 8.25. The van der Waals surface area contributed by atoms with Gasteiger partial charge in [0.2, 0.25) is 6.20 Å². The van der Waals surface area contributed by atoms with Crippen molar-refractivity contribution < 1.29 is 4.92 Å². The van der Waals surface area contributed by atoms with Crippen molar-refractivity contribution in [2.75, 3.05) is 0 Å². The van der Waals surface area contributed by atoms with Gasteiger partial charge in [-0.05, 0) is 16.7 Å². The van der Waals surface area contributed by atoms with E-state index in [-0.39, 0.29) is 0 Å². The van der Waals surface area contributed by atoms with Crippen molar-refractivity contribution in [1.82, 2.24) is 0 Å². The SMILES string of the molecule is O=[N+]([O-])/C=C/c1ccc(-c2ccccc2)cc1. The minimum Gasteiger partial charge on any atom is -0.259 e. The average molecular weight is 225 g/mol. The van der Waals surface area contributed by atoms with Gasteiger partial charge in [-0.1, -0.05) is 54.6 Å². The van der Waals surface area contributed by atoms with E-state index in [1.165, 1.54) is 6.08 Å². The molecule has 3 heteroatoms. The molecule has 2 aromatic carbocycles. The second kappa shape index (κ2) is 5.07. The first-order valence-electron chi connectivity index (χ1n) is 5.23. The monoisotopic (exact) mass is 225 g/mol. The normalized spacial score (nSPS) is 10.6. The maximum atomic E-state index is 10.2. The minimum absolute atomic E-state index is 0.467. The van der Waals surface area contributed by atoms with Gasteiger partial charge in [-0.15, -0.1) is 0 Å². The van der Waals surface area contributed by atoms with Crippen LogP contribution in [0.1, 0.15) is 5.56 Å². The van der Waals surface area contributed by atoms with Crippen LogP contribution >= 0.6 is 0 Å². The number of nitrogens with zero attached hydrogens (tertiary/aromatic N) is 1. The van der Waals surface area contributed by atoms with Crippen molar-refractivity contribution in [2.24, 2.45) is 0 Å². The van der Waals surface area contributed by atoms with Crippen LogP contribution in [0, 0.1) is 10.1 Å². The highest BCUT2D eigenvalue weighted by Gasteiger charge is 1.96. The summed E-state index contributed by atoms with van der Waals surface area (Å²) < 4.78 is 0. The number of benzene rings is 2. The lowest BCUT2D eigenvalue weighted by atomic mass is 10.0. The summed E-state index contributed by atoms with van der Waals surface area (Å²) in [6.45, 7) is 0. The molecule has 0 saturated heterocycles. The lowest BCUT2D eigenvalue weighted by Gasteiger charge is -2.01. The van der Waals surface area contributed by atoms with Gasteiger partial charge in [0.25, 0.3) is 0 Å². The van der Waals surface area contributed by atoms with Gasteiger partial charge < -0.3 is 0 Å². The molecule has 0 N–H and O–H groups in total. The van der Waals surface area contributed by atoms with Crippen LogP contribution in [0.5, 0.6) is 0 Å². The van der Waals surface area contributed by atoms with Crippen LogP contribution in [-0.4, -0.2) is 4.92 Å². The van der Waals surface area contributed by atoms with E-state index in [0.717, 1.165) is 22.9 Å². The Kier molecular flexibility index (Phi) is 3.31. The molecule has 0 radical (unpaired) electrons. The maximum absolute atomic E-state index is 10.2. The summed E-state index contributed by atoms with van der Waals surface area (Å²) in [7, 11) is 0. The van der Waals surface area contributed by atoms with E-state index in [1.54, 1.807) is 0 Å². The molecule has 0 fully saturated rings. The number of rotatable bonds is 3. The topological polar surface area (TPSA) is 43.1 Å². The van der Waals surface area contributed by atoms with Gasteiger partial charge in [0.1, 0.15) is 0 Å². The Labute approximate surface area is 99.2 Å². The van der Waals surface area contributed by atoms with Crippen LogP contribution in [0.2, 0.25) is 0 Å². The predicted molar refractivity (Wildman–Crippen MR) is 67.9 cm³/mol. The van der Waals surface area contributed by atoms with Crippen LogP contribution in [0.4, 0.5) is 0 Å². The molecule has 0 heterocycles. The molecule has 0 bridgehead atoms. The lowest BCUT2D eigenvalue weighted by molar-refractivity contribution is -0.400. The quantitative estimate of drug-likeness (QED) is 0.591. The second-order valence-electron chi connectivity index (χ2n) is 3.59. The molecular weight excluding hydrogens is 214 g/mol. The van der Waals surface area contributed by atoms with Gasteiger partial charge in [0.15, 0.2) is 0 Å². The van der Waals surface area contributed by atoms with Crippen LogP contribution in [0.25, 0.3) is 17.2 Å². The first kappa shape index (κ1) is 11.1. The zero-order valence-corrected chi connectivity index (χ0v) is 9.11. The Hall–Kier alpha value is -2.42. The Balaban J connectivity index is 2.22. The molecular formula is C14H11NO2. The van der Waals surface area contributed by atoms with Crippen LogP contribution in [-0.2, 0) is 0 Å². The van der Waals surface area contributed by atoms with Gasteiger partial charge in [-0.2, -0.15) is 0 Å². The molecule has 0 atom stereocenters. The van der Waals surface area contributed by atoms with E-state index < -0.39 is 4.92 Å². The van der Waals surface area contributed by atoms with E-state index in [4.69, 9.17) is 0 Å². The fourth-order valence-electron chi connectivity index (χ4n) is 1.56. The Morgan fingerprint density at radius 1 is 0.882 bits per heavy atom. The Bertz CT molecular complexity index is 530. The molecule has 0 aliphatic heterocycles. The molecule has 3 nitrogen and oxygen atoms in total. The summed E-state index contributed by atoms with van der Waals surface area (Å²) in [5.74, 6) is 0. The van der Waals surface area contributed by atoms with Gasteiger partial charge in [0, 0.05) is 6.08 Å². The molecule has 0 saturated carbocycles. The van der Waals surface area contributed by atoms with Crippen molar-refractivity contribution in [3.05, 3.63) is 76.5 Å². The highest BCUT2D eigenvalue weighted by Crippen LogP contribution is 2.19. The molecule has 2 rings (SSSR count). The molecule has 0 spiro atoms. The van der Waals surface area contributed by atoms with E-state index in [1.807, 2.05) is 54.6 Å². The fourth-order valence-corrected chi connectivity index (χ4v) is 1.56. The lowest BCUT2D eigenvalue weighted by Crippen LogP contribution is -1.82. The van der Waals surface area contributed by atoms with Crippen molar-refractivity contribution >= 4 is 6.08 Å². The molecule has 84 valence electrons. The van der Waals surface area contributed by atoms with Crippen LogP contribution in [0.3, 0.4) is 0 Å². The van der Waals surface area contributed by atoms with E-state index in [2.05, 4.69) is 0 Å². The van der Waals surface area contributed by atoms with E-state index in [0.29, 0.717) is 0 Å². The Morgan fingerprint density at radius 3 is 2.06 bits per heavy atom. The Morgan fingerprint density at radius 2 is 1.47 bits per heavy atom. The zero-order chi connectivity index (χ0) is 12.1. The van der Waals surface area contributed by atoms with Crippen molar-refractivity contribution in [2.45, 2.75) is 0 Å². The number of nitro groups is 1. The molecule has 0 aliphatic carbocycles. The molecule has 0 aromatic heterocycles. The standard InChI is InChI=1S/C14H11NO2/c16-15(17)11-10-12-6-8-14(9-7-12)13-4-2-1-3-5-13/h1-11H/b11-10+. The van der Waals surface area contributed by atoms with Crippen molar-refractivity contribution in [1.29, 1.82) is 0 Å². The summed E-state index contributed by atoms with van der Waals surface area (Å²) >= 11 is 0. The second-order valence-corrected chi connectivity index (χ2v) is 3.59. The summed E-state index contributed by atoms with van der Waals surface area (Å²) in [5.41, 5.74) is 3.06. The zero-order valence-electron chi connectivity index (χ0n) is 9.11. The number of hydrogen-bond acceptors (Lipinski definition) is 2. The van der Waals surface area contributed by atoms with Crippen LogP contribution in [0.15, 0.2) is 60.8 Å². The molecule has 17 heavy (non-hydrogen) atoms. The summed E-state index contributed by atoms with van der Waals surface area (Å²) in [5, 5.41) is 10.2. The summed E-state index contributed by atoms with van der Waals surface area (Å²) in [6, 6.07) is 17.6. The predicted octanol–water partition coefficient (Wildman–Crippen LogP) is 3.60. The van der Waals surface area contributed by atoms with Gasteiger partial charge in [-0.25, -0.2) is 0 Å². The van der Waals surface area contributed by atoms with Crippen LogP contribution < -0.4 is 0 Å². The maximum Gasteiger partial charge on any atom is 0.235 e. The van der Waals surface area contributed by atoms with Gasteiger partial charge >= 0.3 is 0 Å². The third-order valence-corrected chi connectivity index (χ3v) is 2.41. The highest BCUT2D eigenvalue weighted by molar-refractivity contribution is 5.65. The largest absolute Gasteiger partial charge is 0.259 e. The minimum atomic E-state index is -0.467. The highest BCUT2D eigenvalue weighted by atomic mass is 16.6. The summed E-state index contributed by atoms with van der Waals surface area (Å²) in [6.07, 6.45) is 2.42. The van der Waals surface area contributed by atoms with Gasteiger partial charge in [0.05, 0.1) is 4.92 Å². The van der Waals surface area contributed by atoms with Crippen molar-refractivity contribution in [3.63, 3.8) is 0 Å². The molecule has 0 unspecified atom stereocenters. The smallest absolute Gasteiger partial charge is 0.235 e. The summed E-state index contributed by atoms with van der Waals surface area (Å²) in [4.78, 5) is 9.71. The third kappa shape index (κ3) is 3.01. The number of hydrogen-bond donors (Lipinski definition) is 0. The van der Waals surface area contributed by atoms with Crippen molar-refractivity contribution in [3.8, 4) is 11.1 Å². The fraction of sp³-hybridized carbons (Fsp3) is 0. The average Bonchev–Trinajstić information content (AvgIpc) is 2.38.